The molecule has 240 valence electrons. The predicted molar refractivity (Wildman–Crippen MR) is 170 cm³/mol. The number of imidazole rings is 1. The van der Waals surface area contributed by atoms with Gasteiger partial charge in [0.25, 0.3) is 0 Å². The van der Waals surface area contributed by atoms with Crippen molar-refractivity contribution in [3.05, 3.63) is 114 Å². The van der Waals surface area contributed by atoms with E-state index in [0.29, 0.717) is 54.8 Å². The molecule has 0 amide bonds. The first-order chi connectivity index (χ1) is 22.0. The molecule has 1 aromatic heterocycles. The lowest BCUT2D eigenvalue weighted by Gasteiger charge is -2.35. The summed E-state index contributed by atoms with van der Waals surface area (Å²) in [6.45, 7) is 5.72. The van der Waals surface area contributed by atoms with E-state index in [-0.39, 0.29) is 5.75 Å². The number of hydrogen-bond acceptors (Lipinski definition) is 6. The summed E-state index contributed by atoms with van der Waals surface area (Å²) < 4.78 is 78.7. The Labute approximate surface area is 265 Å². The Morgan fingerprint density at radius 2 is 1.52 bits per heavy atom. The van der Waals surface area contributed by atoms with Crippen LogP contribution in [0.4, 0.5) is 18.9 Å². The molecule has 0 spiro atoms. The molecular formula is C34H33F3N4O4S. The number of para-hydroxylation sites is 1. The van der Waals surface area contributed by atoms with Gasteiger partial charge in [0.15, 0.2) is 11.9 Å². The lowest BCUT2D eigenvalue weighted by atomic mass is 10.2. The summed E-state index contributed by atoms with van der Waals surface area (Å²) in [7, 11) is -3.61. The zero-order chi connectivity index (χ0) is 32.5. The molecule has 0 aliphatic carbocycles. The Bertz CT molecular complexity index is 1920. The van der Waals surface area contributed by atoms with Crippen LogP contribution in [0, 0.1) is 6.92 Å². The van der Waals surface area contributed by atoms with Crippen LogP contribution >= 0.6 is 0 Å². The molecule has 0 bridgehead atoms. The summed E-state index contributed by atoms with van der Waals surface area (Å²) in [4.78, 5) is 7.37. The van der Waals surface area contributed by atoms with Crippen molar-refractivity contribution >= 4 is 26.7 Å². The van der Waals surface area contributed by atoms with Crippen molar-refractivity contribution in [1.82, 2.24) is 13.9 Å². The van der Waals surface area contributed by atoms with E-state index in [4.69, 9.17) is 9.72 Å². The smallest absolute Gasteiger partial charge is 0.483 e. The number of anilines is 1. The number of aromatic nitrogens is 2. The van der Waals surface area contributed by atoms with Crippen molar-refractivity contribution in [2.75, 3.05) is 31.1 Å². The first kappa shape index (κ1) is 31.4. The van der Waals surface area contributed by atoms with Gasteiger partial charge in [0.1, 0.15) is 11.5 Å². The predicted octanol–water partition coefficient (Wildman–Crippen LogP) is 6.94. The number of piperazine rings is 1. The van der Waals surface area contributed by atoms with E-state index in [1.54, 1.807) is 37.3 Å². The van der Waals surface area contributed by atoms with Crippen molar-refractivity contribution in [3.63, 3.8) is 0 Å². The van der Waals surface area contributed by atoms with Gasteiger partial charge in [-0.3, -0.25) is 0 Å². The fraction of sp³-hybridized carbons (Fsp3) is 0.265. The molecule has 1 saturated heterocycles. The number of fused-ring (bicyclic) bond motifs is 1. The van der Waals surface area contributed by atoms with Gasteiger partial charge in [-0.2, -0.15) is 4.31 Å². The lowest BCUT2D eigenvalue weighted by Crippen LogP contribution is -2.48. The van der Waals surface area contributed by atoms with E-state index in [2.05, 4.69) is 9.64 Å². The van der Waals surface area contributed by atoms with Crippen LogP contribution in [-0.4, -0.2) is 54.8 Å². The van der Waals surface area contributed by atoms with Crippen LogP contribution in [0.15, 0.2) is 102 Å². The Hall–Kier alpha value is -4.55. The van der Waals surface area contributed by atoms with Crippen molar-refractivity contribution < 1.29 is 31.1 Å². The molecule has 12 heteroatoms. The highest BCUT2D eigenvalue weighted by Gasteiger charge is 2.31. The maximum Gasteiger partial charge on any atom is 0.573 e. The Morgan fingerprint density at radius 3 is 2.20 bits per heavy atom. The third-order valence-electron chi connectivity index (χ3n) is 7.99. The van der Waals surface area contributed by atoms with Gasteiger partial charge in [-0.25, -0.2) is 13.4 Å². The molecule has 0 N–H and O–H groups in total. The number of nitrogens with zero attached hydrogens (tertiary/aromatic N) is 4. The van der Waals surface area contributed by atoms with Gasteiger partial charge < -0.3 is 18.9 Å². The van der Waals surface area contributed by atoms with E-state index in [1.807, 2.05) is 66.1 Å². The molecule has 0 saturated carbocycles. The summed E-state index contributed by atoms with van der Waals surface area (Å²) in [5.74, 6) is 1.04. The molecule has 8 nitrogen and oxygen atoms in total. The summed E-state index contributed by atoms with van der Waals surface area (Å²) >= 11 is 0. The average Bonchev–Trinajstić information content (AvgIpc) is 3.39. The molecule has 4 aromatic carbocycles. The maximum atomic E-state index is 13.4. The molecule has 1 fully saturated rings. The SMILES string of the molecule is Cc1ccccc1S(=O)(=O)N1CCN(c2ccc3nc(C(C)Oc4ccccc4)n(Cc4ccc(OC(F)(F)F)cc4)c3c2)CC1. The number of alkyl halides is 3. The average molecular weight is 651 g/mol. The van der Waals surface area contributed by atoms with Crippen LogP contribution in [0.3, 0.4) is 0 Å². The molecule has 1 atom stereocenters. The highest BCUT2D eigenvalue weighted by Crippen LogP contribution is 2.31. The highest BCUT2D eigenvalue weighted by molar-refractivity contribution is 7.89. The van der Waals surface area contributed by atoms with Crippen LogP contribution in [0.2, 0.25) is 0 Å². The molecule has 46 heavy (non-hydrogen) atoms. The van der Waals surface area contributed by atoms with E-state index in [0.717, 1.165) is 22.3 Å². The van der Waals surface area contributed by atoms with Gasteiger partial charge >= 0.3 is 6.36 Å². The van der Waals surface area contributed by atoms with Crippen LogP contribution < -0.4 is 14.4 Å². The molecule has 1 unspecified atom stereocenters. The van der Waals surface area contributed by atoms with Crippen molar-refractivity contribution in [2.24, 2.45) is 0 Å². The highest BCUT2D eigenvalue weighted by atomic mass is 32.2. The fourth-order valence-corrected chi connectivity index (χ4v) is 7.36. The van der Waals surface area contributed by atoms with Crippen LogP contribution in [0.25, 0.3) is 11.0 Å². The monoisotopic (exact) mass is 650 g/mol. The zero-order valence-electron chi connectivity index (χ0n) is 25.3. The molecular weight excluding hydrogens is 617 g/mol. The summed E-state index contributed by atoms with van der Waals surface area (Å²) in [6.07, 6.45) is -5.22. The van der Waals surface area contributed by atoms with Gasteiger partial charge in [-0.1, -0.05) is 48.5 Å². The number of ether oxygens (including phenoxy) is 2. The largest absolute Gasteiger partial charge is 0.573 e. The molecule has 1 aliphatic rings. The van der Waals surface area contributed by atoms with Gasteiger partial charge in [0, 0.05) is 38.4 Å². The molecule has 0 radical (unpaired) electrons. The first-order valence-corrected chi connectivity index (χ1v) is 16.3. The summed E-state index contributed by atoms with van der Waals surface area (Å²) in [5.41, 5.74) is 3.94. The standard InChI is InChI=1S/C34H33F3N4O4S/c1-24-8-6-7-11-32(24)46(42,43)40-20-18-39(19-21-40)27-14-17-30-31(22-27)41(23-26-12-15-29(16-13-26)45-34(35,36)37)33(38-30)25(2)44-28-9-4-3-5-10-28/h3-17,22,25H,18-21,23H2,1-2H3. The van der Waals surface area contributed by atoms with Gasteiger partial charge in [-0.15, -0.1) is 13.2 Å². The fourth-order valence-electron chi connectivity index (χ4n) is 5.71. The molecule has 5 aromatic rings. The maximum absolute atomic E-state index is 13.4. The van der Waals surface area contributed by atoms with E-state index in [9.17, 15) is 21.6 Å². The van der Waals surface area contributed by atoms with Crippen molar-refractivity contribution in [3.8, 4) is 11.5 Å². The number of rotatable bonds is 9. The van der Waals surface area contributed by atoms with Crippen LogP contribution in [-0.2, 0) is 16.6 Å². The Kier molecular flexibility index (Phi) is 8.67. The summed E-state index contributed by atoms with van der Waals surface area (Å²) in [6, 6.07) is 28.1. The van der Waals surface area contributed by atoms with Gasteiger partial charge in [0.2, 0.25) is 10.0 Å². The summed E-state index contributed by atoms with van der Waals surface area (Å²) in [5, 5.41) is 0. The van der Waals surface area contributed by atoms with E-state index < -0.39 is 22.5 Å². The second kappa shape index (κ2) is 12.7. The second-order valence-electron chi connectivity index (χ2n) is 11.2. The van der Waals surface area contributed by atoms with Gasteiger partial charge in [-0.05, 0) is 73.5 Å². The van der Waals surface area contributed by atoms with Crippen LogP contribution in [0.5, 0.6) is 11.5 Å². The topological polar surface area (TPSA) is 76.9 Å². The van der Waals surface area contributed by atoms with Crippen molar-refractivity contribution in [2.45, 2.75) is 37.8 Å². The van der Waals surface area contributed by atoms with Crippen molar-refractivity contribution in [1.29, 1.82) is 0 Å². The minimum atomic E-state index is -4.77. The number of hydrogen-bond donors (Lipinski definition) is 0. The Morgan fingerprint density at radius 1 is 0.848 bits per heavy atom. The zero-order valence-corrected chi connectivity index (χ0v) is 26.1. The second-order valence-corrected chi connectivity index (χ2v) is 13.1. The molecule has 6 rings (SSSR count). The lowest BCUT2D eigenvalue weighted by molar-refractivity contribution is -0.274. The third-order valence-corrected chi connectivity index (χ3v) is 10.1. The molecule has 2 heterocycles. The van der Waals surface area contributed by atoms with E-state index >= 15 is 0 Å². The minimum absolute atomic E-state index is 0.293. The molecule has 1 aliphatic heterocycles. The quantitative estimate of drug-likeness (QED) is 0.172. The normalized spacial score (nSPS) is 15.2. The number of sulfonamides is 1. The first-order valence-electron chi connectivity index (χ1n) is 14.9. The van der Waals surface area contributed by atoms with Gasteiger partial charge in [0.05, 0.1) is 15.9 Å². The number of halogens is 3. The minimum Gasteiger partial charge on any atom is -0.483 e. The Balaban J connectivity index is 1.28. The number of aryl methyl sites for hydroxylation is 1. The van der Waals surface area contributed by atoms with E-state index in [1.165, 1.54) is 16.4 Å². The number of benzene rings is 4. The van der Waals surface area contributed by atoms with Crippen LogP contribution in [0.1, 0.15) is 30.0 Å². The third kappa shape index (κ3) is 6.82.